The van der Waals surface area contributed by atoms with Crippen LogP contribution >= 0.6 is 0 Å². The van der Waals surface area contributed by atoms with Gasteiger partial charge in [0.2, 0.25) is 0 Å². The van der Waals surface area contributed by atoms with Gasteiger partial charge in [0.05, 0.1) is 18.2 Å². The lowest BCUT2D eigenvalue weighted by atomic mass is 9.94. The standard InChI is InChI=1S/C27H24N2O4/c1-16-7-9-21(13-17(16)2)29-24(20-5-3-11-28-15-20)23(26(31)27(29)32)25(30)19-8-10-22-18(14-19)6-4-12-33-22/h3,5,7-11,13-15,24,30H,4,6,12H2,1-2H3/b25-23-. The molecule has 33 heavy (non-hydrogen) atoms. The highest BCUT2D eigenvalue weighted by Crippen LogP contribution is 2.42. The van der Waals surface area contributed by atoms with Crippen LogP contribution < -0.4 is 9.64 Å². The molecule has 1 amide bonds. The molecule has 3 heterocycles. The summed E-state index contributed by atoms with van der Waals surface area (Å²) in [6, 6.07) is 13.8. The third kappa shape index (κ3) is 3.57. The number of nitrogens with zero attached hydrogens (tertiary/aromatic N) is 2. The molecule has 6 nitrogen and oxygen atoms in total. The van der Waals surface area contributed by atoms with Crippen LogP contribution in [0.5, 0.6) is 5.75 Å². The number of Topliss-reactive ketones (excluding diaryl/α,β-unsaturated/α-hetero) is 1. The number of carbonyl (C=O) groups is 2. The average Bonchev–Trinajstić information content (AvgIpc) is 3.11. The summed E-state index contributed by atoms with van der Waals surface area (Å²) in [6.07, 6.45) is 4.98. The lowest BCUT2D eigenvalue weighted by molar-refractivity contribution is -0.132. The molecule has 0 saturated carbocycles. The fourth-order valence-electron chi connectivity index (χ4n) is 4.49. The molecule has 0 aliphatic carbocycles. The zero-order valence-corrected chi connectivity index (χ0v) is 18.5. The third-order valence-electron chi connectivity index (χ3n) is 6.40. The summed E-state index contributed by atoms with van der Waals surface area (Å²) in [5.74, 6) is -0.789. The van der Waals surface area contributed by atoms with Gasteiger partial charge in [-0.25, -0.2) is 0 Å². The van der Waals surface area contributed by atoms with Gasteiger partial charge >= 0.3 is 0 Å². The number of aliphatic hydroxyl groups is 1. The minimum atomic E-state index is -0.784. The van der Waals surface area contributed by atoms with Gasteiger partial charge in [-0.05, 0) is 85.3 Å². The Hall–Kier alpha value is -3.93. The number of aryl methyl sites for hydroxylation is 3. The number of hydrogen-bond acceptors (Lipinski definition) is 5. The average molecular weight is 440 g/mol. The monoisotopic (exact) mass is 440 g/mol. The molecule has 0 radical (unpaired) electrons. The van der Waals surface area contributed by atoms with E-state index in [1.807, 2.05) is 50.2 Å². The van der Waals surface area contributed by atoms with Gasteiger partial charge < -0.3 is 9.84 Å². The lowest BCUT2D eigenvalue weighted by Crippen LogP contribution is -2.29. The van der Waals surface area contributed by atoms with Crippen molar-refractivity contribution in [2.75, 3.05) is 11.5 Å². The number of aliphatic hydroxyl groups excluding tert-OH is 1. The van der Waals surface area contributed by atoms with Crippen molar-refractivity contribution in [1.29, 1.82) is 0 Å². The van der Waals surface area contributed by atoms with E-state index in [2.05, 4.69) is 4.98 Å². The maximum atomic E-state index is 13.3. The Kier molecular flexibility index (Phi) is 5.21. The number of amides is 1. The molecule has 1 saturated heterocycles. The number of aromatic nitrogens is 1. The predicted octanol–water partition coefficient (Wildman–Crippen LogP) is 4.65. The maximum Gasteiger partial charge on any atom is 0.300 e. The summed E-state index contributed by atoms with van der Waals surface area (Å²) < 4.78 is 5.67. The third-order valence-corrected chi connectivity index (χ3v) is 6.40. The van der Waals surface area contributed by atoms with Gasteiger partial charge in [0.25, 0.3) is 11.7 Å². The Bertz CT molecular complexity index is 1300. The van der Waals surface area contributed by atoms with Crippen molar-refractivity contribution in [2.24, 2.45) is 0 Å². The maximum absolute atomic E-state index is 13.3. The van der Waals surface area contributed by atoms with Crippen molar-refractivity contribution in [1.82, 2.24) is 4.98 Å². The second-order valence-electron chi connectivity index (χ2n) is 8.50. The molecule has 1 aromatic heterocycles. The predicted molar refractivity (Wildman–Crippen MR) is 125 cm³/mol. The molecule has 3 aromatic rings. The van der Waals surface area contributed by atoms with Crippen LogP contribution in [0, 0.1) is 13.8 Å². The summed E-state index contributed by atoms with van der Waals surface area (Å²) >= 11 is 0. The Balaban J connectivity index is 1.69. The van der Waals surface area contributed by atoms with Gasteiger partial charge in [-0.15, -0.1) is 0 Å². The summed E-state index contributed by atoms with van der Waals surface area (Å²) in [4.78, 5) is 32.2. The van der Waals surface area contributed by atoms with Gasteiger partial charge in [0.15, 0.2) is 0 Å². The van der Waals surface area contributed by atoms with Crippen LogP contribution in [0.4, 0.5) is 5.69 Å². The first kappa shape index (κ1) is 20.9. The molecular formula is C27H24N2O4. The Morgan fingerprint density at radius 3 is 2.70 bits per heavy atom. The molecule has 1 N–H and O–H groups in total. The number of fused-ring (bicyclic) bond motifs is 1. The normalized spacial score (nSPS) is 19.3. The summed E-state index contributed by atoms with van der Waals surface area (Å²) in [6.45, 7) is 4.62. The number of ketones is 1. The Morgan fingerprint density at radius 2 is 1.94 bits per heavy atom. The highest BCUT2D eigenvalue weighted by molar-refractivity contribution is 6.51. The van der Waals surface area contributed by atoms with E-state index in [1.165, 1.54) is 4.90 Å². The Morgan fingerprint density at radius 1 is 1.09 bits per heavy atom. The molecule has 1 unspecified atom stereocenters. The molecule has 2 aromatic carbocycles. The number of carbonyl (C=O) groups excluding carboxylic acids is 2. The van der Waals surface area contributed by atoms with Crippen molar-refractivity contribution in [2.45, 2.75) is 32.7 Å². The zero-order valence-electron chi connectivity index (χ0n) is 18.5. The van der Waals surface area contributed by atoms with Gasteiger partial charge in [0.1, 0.15) is 11.5 Å². The van der Waals surface area contributed by atoms with E-state index < -0.39 is 17.7 Å². The summed E-state index contributed by atoms with van der Waals surface area (Å²) in [7, 11) is 0. The van der Waals surface area contributed by atoms with E-state index in [0.717, 1.165) is 35.3 Å². The van der Waals surface area contributed by atoms with Crippen molar-refractivity contribution < 1.29 is 19.4 Å². The molecule has 5 rings (SSSR count). The molecular weight excluding hydrogens is 416 g/mol. The minimum absolute atomic E-state index is 0.0582. The summed E-state index contributed by atoms with van der Waals surface area (Å²) in [5, 5.41) is 11.3. The van der Waals surface area contributed by atoms with E-state index >= 15 is 0 Å². The van der Waals surface area contributed by atoms with Crippen molar-refractivity contribution in [3.8, 4) is 5.75 Å². The quantitative estimate of drug-likeness (QED) is 0.364. The van der Waals surface area contributed by atoms with E-state index in [1.54, 1.807) is 24.5 Å². The van der Waals surface area contributed by atoms with Crippen LogP contribution in [0.25, 0.3) is 5.76 Å². The van der Waals surface area contributed by atoms with Crippen LogP contribution in [0.2, 0.25) is 0 Å². The van der Waals surface area contributed by atoms with Crippen LogP contribution in [-0.4, -0.2) is 28.4 Å². The zero-order chi connectivity index (χ0) is 23.1. The topological polar surface area (TPSA) is 79.7 Å². The van der Waals surface area contributed by atoms with Crippen LogP contribution in [-0.2, 0) is 16.0 Å². The van der Waals surface area contributed by atoms with Crippen molar-refractivity contribution in [3.63, 3.8) is 0 Å². The van der Waals surface area contributed by atoms with Crippen LogP contribution in [0.3, 0.4) is 0 Å². The highest BCUT2D eigenvalue weighted by atomic mass is 16.5. The van der Waals surface area contributed by atoms with Gasteiger partial charge in [0, 0.05) is 23.6 Å². The SMILES string of the molecule is Cc1ccc(N2C(=O)C(=O)/C(=C(\O)c3ccc4c(c3)CCCO4)C2c2cccnc2)cc1C. The van der Waals surface area contributed by atoms with Crippen LogP contribution in [0.15, 0.2) is 66.5 Å². The van der Waals surface area contributed by atoms with E-state index in [-0.39, 0.29) is 11.3 Å². The molecule has 0 bridgehead atoms. The first-order chi connectivity index (χ1) is 16.0. The molecule has 1 atom stereocenters. The number of hydrogen-bond donors (Lipinski definition) is 1. The number of benzene rings is 2. The van der Waals surface area contributed by atoms with Gasteiger partial charge in [-0.3, -0.25) is 19.5 Å². The van der Waals surface area contributed by atoms with Gasteiger partial charge in [-0.2, -0.15) is 0 Å². The van der Waals surface area contributed by atoms with Crippen molar-refractivity contribution in [3.05, 3.63) is 94.3 Å². The molecule has 2 aliphatic rings. The first-order valence-corrected chi connectivity index (χ1v) is 11.0. The lowest BCUT2D eigenvalue weighted by Gasteiger charge is -2.26. The number of ether oxygens (including phenoxy) is 1. The second kappa shape index (κ2) is 8.20. The summed E-state index contributed by atoms with van der Waals surface area (Å²) in [5.41, 5.74) is 4.88. The highest BCUT2D eigenvalue weighted by Gasteiger charge is 2.47. The number of rotatable bonds is 3. The van der Waals surface area contributed by atoms with E-state index in [4.69, 9.17) is 4.74 Å². The number of anilines is 1. The van der Waals surface area contributed by atoms with Crippen molar-refractivity contribution >= 4 is 23.1 Å². The fourth-order valence-corrected chi connectivity index (χ4v) is 4.49. The fraction of sp³-hybridized carbons (Fsp3) is 0.222. The molecule has 2 aliphatic heterocycles. The second-order valence-corrected chi connectivity index (χ2v) is 8.50. The largest absolute Gasteiger partial charge is 0.507 e. The smallest absolute Gasteiger partial charge is 0.300 e. The molecule has 1 fully saturated rings. The van der Waals surface area contributed by atoms with Gasteiger partial charge in [-0.1, -0.05) is 12.1 Å². The molecule has 166 valence electrons. The van der Waals surface area contributed by atoms with Crippen LogP contribution in [0.1, 0.15) is 40.3 Å². The number of pyridine rings is 1. The molecule has 6 heteroatoms. The minimum Gasteiger partial charge on any atom is -0.507 e. The van der Waals surface area contributed by atoms with E-state index in [9.17, 15) is 14.7 Å². The first-order valence-electron chi connectivity index (χ1n) is 11.0. The Labute approximate surface area is 192 Å². The molecule has 0 spiro atoms. The van der Waals surface area contributed by atoms with E-state index in [0.29, 0.717) is 23.4 Å².